The van der Waals surface area contributed by atoms with Crippen molar-refractivity contribution in [2.75, 3.05) is 6.54 Å². The highest BCUT2D eigenvalue weighted by molar-refractivity contribution is 7.09. The van der Waals surface area contributed by atoms with Crippen molar-refractivity contribution in [1.29, 1.82) is 0 Å². The molecule has 0 aliphatic carbocycles. The Balaban J connectivity index is 1.91. The first-order valence-electron chi connectivity index (χ1n) is 7.17. The average molecular weight is 290 g/mol. The maximum Gasteiger partial charge on any atom is 0.124 e. The van der Waals surface area contributed by atoms with Gasteiger partial charge in [0.15, 0.2) is 0 Å². The number of hydrogen-bond donors (Lipinski definition) is 1. The predicted octanol–water partition coefficient (Wildman–Crippen LogP) is 4.17. The molecule has 1 N–H and O–H groups in total. The van der Waals surface area contributed by atoms with Crippen molar-refractivity contribution >= 4 is 11.3 Å². The molecule has 3 nitrogen and oxygen atoms in total. The van der Waals surface area contributed by atoms with E-state index in [0.29, 0.717) is 12.6 Å². The van der Waals surface area contributed by atoms with E-state index in [4.69, 9.17) is 4.74 Å². The number of rotatable bonds is 8. The summed E-state index contributed by atoms with van der Waals surface area (Å²) in [5.41, 5.74) is 3.15. The first kappa shape index (κ1) is 15.0. The standard InChI is InChI=1S/C16H22N2OS/c1-3-9-18-16(4-2)13-5-7-14(8-6-13)19-11-15-10-17-12-20-15/h5-8,10,12,16,18H,3-4,9,11H2,1-2H3. The summed E-state index contributed by atoms with van der Waals surface area (Å²) >= 11 is 1.62. The number of nitrogens with one attached hydrogen (secondary N) is 1. The van der Waals surface area contributed by atoms with E-state index in [0.717, 1.165) is 30.0 Å². The summed E-state index contributed by atoms with van der Waals surface area (Å²) in [6, 6.07) is 8.84. The molecule has 0 aliphatic rings. The molecule has 0 saturated heterocycles. The molecule has 2 aromatic rings. The Labute approximate surface area is 125 Å². The number of ether oxygens (including phenoxy) is 1. The molecule has 1 atom stereocenters. The number of aromatic nitrogens is 1. The van der Waals surface area contributed by atoms with E-state index in [2.05, 4.69) is 36.3 Å². The molecular formula is C16H22N2OS. The number of benzene rings is 1. The quantitative estimate of drug-likeness (QED) is 0.792. The molecule has 1 aromatic heterocycles. The van der Waals surface area contributed by atoms with Crippen molar-refractivity contribution in [1.82, 2.24) is 10.3 Å². The Kier molecular flexibility index (Phi) is 6.02. The van der Waals surface area contributed by atoms with E-state index in [9.17, 15) is 0 Å². The Morgan fingerprint density at radius 2 is 2.05 bits per heavy atom. The van der Waals surface area contributed by atoms with Gasteiger partial charge in [0.05, 0.1) is 10.4 Å². The van der Waals surface area contributed by atoms with Gasteiger partial charge < -0.3 is 10.1 Å². The summed E-state index contributed by atoms with van der Waals surface area (Å²) in [6.07, 6.45) is 4.11. The van der Waals surface area contributed by atoms with Crippen molar-refractivity contribution in [3.63, 3.8) is 0 Å². The van der Waals surface area contributed by atoms with Gasteiger partial charge in [-0.25, -0.2) is 0 Å². The van der Waals surface area contributed by atoms with Gasteiger partial charge in [0.25, 0.3) is 0 Å². The van der Waals surface area contributed by atoms with Gasteiger partial charge in [-0.2, -0.15) is 0 Å². The molecular weight excluding hydrogens is 268 g/mol. The lowest BCUT2D eigenvalue weighted by Crippen LogP contribution is -2.21. The zero-order valence-corrected chi connectivity index (χ0v) is 13.0. The third-order valence-corrected chi connectivity index (χ3v) is 3.95. The van der Waals surface area contributed by atoms with Gasteiger partial charge in [0.1, 0.15) is 12.4 Å². The van der Waals surface area contributed by atoms with Gasteiger partial charge in [-0.15, -0.1) is 11.3 Å². The van der Waals surface area contributed by atoms with Crippen LogP contribution in [-0.4, -0.2) is 11.5 Å². The molecule has 1 aromatic carbocycles. The average Bonchev–Trinajstić information content (AvgIpc) is 3.00. The van der Waals surface area contributed by atoms with Gasteiger partial charge in [-0.1, -0.05) is 26.0 Å². The van der Waals surface area contributed by atoms with Crippen LogP contribution < -0.4 is 10.1 Å². The minimum Gasteiger partial charge on any atom is -0.488 e. The van der Waals surface area contributed by atoms with E-state index in [1.807, 2.05) is 23.8 Å². The van der Waals surface area contributed by atoms with Crippen molar-refractivity contribution in [2.45, 2.75) is 39.3 Å². The minimum absolute atomic E-state index is 0.436. The van der Waals surface area contributed by atoms with Crippen LogP contribution in [0.3, 0.4) is 0 Å². The van der Waals surface area contributed by atoms with E-state index < -0.39 is 0 Å². The van der Waals surface area contributed by atoms with Crippen LogP contribution in [0.15, 0.2) is 36.0 Å². The summed E-state index contributed by atoms with van der Waals surface area (Å²) < 4.78 is 5.75. The first-order chi connectivity index (χ1) is 9.83. The van der Waals surface area contributed by atoms with Crippen LogP contribution in [0, 0.1) is 0 Å². The van der Waals surface area contributed by atoms with Gasteiger partial charge in [0, 0.05) is 12.2 Å². The minimum atomic E-state index is 0.436. The fraction of sp³-hybridized carbons (Fsp3) is 0.438. The largest absolute Gasteiger partial charge is 0.488 e. The van der Waals surface area contributed by atoms with Crippen molar-refractivity contribution in [3.05, 3.63) is 46.4 Å². The third-order valence-electron chi connectivity index (χ3n) is 3.20. The fourth-order valence-corrected chi connectivity index (χ4v) is 2.59. The fourth-order valence-electron chi connectivity index (χ4n) is 2.08. The summed E-state index contributed by atoms with van der Waals surface area (Å²) in [5.74, 6) is 0.910. The molecule has 4 heteroatoms. The molecule has 0 saturated carbocycles. The Hall–Kier alpha value is -1.39. The smallest absolute Gasteiger partial charge is 0.124 e. The van der Waals surface area contributed by atoms with E-state index in [1.165, 1.54) is 5.56 Å². The lowest BCUT2D eigenvalue weighted by Gasteiger charge is -2.17. The molecule has 0 bridgehead atoms. The Morgan fingerprint density at radius 3 is 2.65 bits per heavy atom. The maximum absolute atomic E-state index is 5.75. The number of nitrogens with zero attached hydrogens (tertiary/aromatic N) is 1. The maximum atomic E-state index is 5.75. The summed E-state index contributed by atoms with van der Waals surface area (Å²) in [4.78, 5) is 5.19. The van der Waals surface area contributed by atoms with Crippen molar-refractivity contribution in [2.24, 2.45) is 0 Å². The highest BCUT2D eigenvalue weighted by Crippen LogP contribution is 2.21. The molecule has 20 heavy (non-hydrogen) atoms. The predicted molar refractivity (Wildman–Crippen MR) is 84.2 cm³/mol. The van der Waals surface area contributed by atoms with Crippen LogP contribution in [0.1, 0.15) is 43.2 Å². The topological polar surface area (TPSA) is 34.1 Å². The second-order valence-corrected chi connectivity index (χ2v) is 5.71. The monoisotopic (exact) mass is 290 g/mol. The first-order valence-corrected chi connectivity index (χ1v) is 8.05. The highest BCUT2D eigenvalue weighted by atomic mass is 32.1. The molecule has 1 unspecified atom stereocenters. The zero-order chi connectivity index (χ0) is 14.2. The Bertz CT molecular complexity index is 482. The summed E-state index contributed by atoms with van der Waals surface area (Å²) in [6.45, 7) is 6.05. The van der Waals surface area contributed by atoms with Crippen LogP contribution >= 0.6 is 11.3 Å². The van der Waals surface area contributed by atoms with Gasteiger partial charge in [-0.3, -0.25) is 4.98 Å². The summed E-state index contributed by atoms with van der Waals surface area (Å²) in [7, 11) is 0. The molecule has 0 fully saturated rings. The third kappa shape index (κ3) is 4.32. The van der Waals surface area contributed by atoms with E-state index in [1.54, 1.807) is 11.3 Å². The number of hydrogen-bond acceptors (Lipinski definition) is 4. The van der Waals surface area contributed by atoms with Crippen molar-refractivity contribution in [3.8, 4) is 5.75 Å². The van der Waals surface area contributed by atoms with Crippen molar-refractivity contribution < 1.29 is 4.74 Å². The Morgan fingerprint density at radius 1 is 1.25 bits per heavy atom. The molecule has 0 radical (unpaired) electrons. The summed E-state index contributed by atoms with van der Waals surface area (Å²) in [5, 5.41) is 3.56. The molecule has 0 amide bonds. The number of thiazole rings is 1. The zero-order valence-electron chi connectivity index (χ0n) is 12.1. The van der Waals surface area contributed by atoms with Crippen LogP contribution in [0.5, 0.6) is 5.75 Å². The van der Waals surface area contributed by atoms with Crippen LogP contribution in [-0.2, 0) is 6.61 Å². The molecule has 108 valence electrons. The molecule has 2 rings (SSSR count). The highest BCUT2D eigenvalue weighted by Gasteiger charge is 2.08. The van der Waals surface area contributed by atoms with Gasteiger partial charge in [-0.05, 0) is 37.1 Å². The van der Waals surface area contributed by atoms with Crippen LogP contribution in [0.4, 0.5) is 0 Å². The van der Waals surface area contributed by atoms with E-state index >= 15 is 0 Å². The second-order valence-electron chi connectivity index (χ2n) is 4.74. The van der Waals surface area contributed by atoms with Crippen LogP contribution in [0.25, 0.3) is 0 Å². The van der Waals surface area contributed by atoms with Gasteiger partial charge >= 0.3 is 0 Å². The SMILES string of the molecule is CCCNC(CC)c1ccc(OCc2cncs2)cc1. The lowest BCUT2D eigenvalue weighted by molar-refractivity contribution is 0.309. The second kappa shape index (κ2) is 8.02. The molecule has 0 spiro atoms. The molecule has 1 heterocycles. The van der Waals surface area contributed by atoms with Crippen LogP contribution in [0.2, 0.25) is 0 Å². The normalized spacial score (nSPS) is 12.3. The molecule has 0 aliphatic heterocycles. The van der Waals surface area contributed by atoms with Gasteiger partial charge in [0.2, 0.25) is 0 Å². The lowest BCUT2D eigenvalue weighted by atomic mass is 10.0. The van der Waals surface area contributed by atoms with E-state index in [-0.39, 0.29) is 0 Å².